The smallest absolute Gasteiger partial charge is 0.0997 e. The Bertz CT molecular complexity index is 358. The molecule has 0 bridgehead atoms. The minimum atomic E-state index is 0.536. The molecule has 0 saturated carbocycles. The molecule has 1 nitrogen and oxygen atoms in total. The van der Waals surface area contributed by atoms with E-state index in [0.717, 1.165) is 18.4 Å². The van der Waals surface area contributed by atoms with Crippen LogP contribution in [0.3, 0.4) is 0 Å². The Kier molecular flexibility index (Phi) is 3.91. The van der Waals surface area contributed by atoms with Gasteiger partial charge in [-0.1, -0.05) is 39.8 Å². The molecular formula is C14H19N. The third-order valence-electron chi connectivity index (χ3n) is 2.86. The van der Waals surface area contributed by atoms with Crippen LogP contribution in [-0.2, 0) is 12.8 Å². The summed E-state index contributed by atoms with van der Waals surface area (Å²) in [7, 11) is 0. The summed E-state index contributed by atoms with van der Waals surface area (Å²) in [6, 6.07) is 6.70. The first-order valence-electron chi connectivity index (χ1n) is 5.69. The van der Waals surface area contributed by atoms with Crippen molar-refractivity contribution < 1.29 is 0 Å². The summed E-state index contributed by atoms with van der Waals surface area (Å²) < 4.78 is 0. The van der Waals surface area contributed by atoms with Gasteiger partial charge in [0.1, 0.15) is 0 Å². The molecule has 1 rings (SSSR count). The van der Waals surface area contributed by atoms with Crippen molar-refractivity contribution >= 4 is 0 Å². The summed E-state index contributed by atoms with van der Waals surface area (Å²) in [5.74, 6) is 0.536. The summed E-state index contributed by atoms with van der Waals surface area (Å²) in [6.45, 7) is 8.61. The van der Waals surface area contributed by atoms with E-state index in [1.165, 1.54) is 16.7 Å². The van der Waals surface area contributed by atoms with Crippen molar-refractivity contribution in [3.63, 3.8) is 0 Å². The van der Waals surface area contributed by atoms with Crippen LogP contribution >= 0.6 is 0 Å². The van der Waals surface area contributed by atoms with Gasteiger partial charge >= 0.3 is 0 Å². The molecule has 1 aromatic rings. The van der Waals surface area contributed by atoms with E-state index >= 15 is 0 Å². The summed E-state index contributed by atoms with van der Waals surface area (Å²) in [4.78, 5) is 0. The van der Waals surface area contributed by atoms with Crippen molar-refractivity contribution in [1.29, 1.82) is 5.26 Å². The fourth-order valence-corrected chi connectivity index (χ4v) is 1.83. The number of nitrogens with zero attached hydrogens (tertiary/aromatic N) is 1. The highest BCUT2D eigenvalue weighted by molar-refractivity contribution is 5.47. The number of nitriles is 1. The van der Waals surface area contributed by atoms with Gasteiger partial charge in [-0.2, -0.15) is 5.26 Å². The zero-order chi connectivity index (χ0) is 11.4. The largest absolute Gasteiger partial charge is 0.192 e. The van der Waals surface area contributed by atoms with Gasteiger partial charge in [-0.3, -0.25) is 0 Å². The Morgan fingerprint density at radius 2 is 1.60 bits per heavy atom. The van der Waals surface area contributed by atoms with E-state index in [4.69, 9.17) is 5.26 Å². The quantitative estimate of drug-likeness (QED) is 0.729. The van der Waals surface area contributed by atoms with Gasteiger partial charge in [0.2, 0.25) is 0 Å². The van der Waals surface area contributed by atoms with Crippen molar-refractivity contribution in [2.24, 2.45) is 0 Å². The zero-order valence-corrected chi connectivity index (χ0v) is 10.1. The first-order valence-corrected chi connectivity index (χ1v) is 5.69. The Morgan fingerprint density at radius 1 is 1.13 bits per heavy atom. The van der Waals surface area contributed by atoms with Crippen molar-refractivity contribution in [2.45, 2.75) is 46.5 Å². The van der Waals surface area contributed by atoms with E-state index in [-0.39, 0.29) is 0 Å². The topological polar surface area (TPSA) is 23.8 Å². The number of rotatable bonds is 3. The highest BCUT2D eigenvalue weighted by Gasteiger charge is 2.09. The Morgan fingerprint density at radius 3 is 1.87 bits per heavy atom. The van der Waals surface area contributed by atoms with E-state index in [9.17, 15) is 0 Å². The zero-order valence-electron chi connectivity index (χ0n) is 10.1. The molecule has 0 fully saturated rings. The lowest BCUT2D eigenvalue weighted by Crippen LogP contribution is -1.99. The van der Waals surface area contributed by atoms with Gasteiger partial charge in [0.25, 0.3) is 0 Å². The van der Waals surface area contributed by atoms with Crippen LogP contribution in [0.2, 0.25) is 0 Å². The van der Waals surface area contributed by atoms with Gasteiger partial charge in [0, 0.05) is 0 Å². The van der Waals surface area contributed by atoms with Gasteiger partial charge in [0.05, 0.1) is 11.6 Å². The van der Waals surface area contributed by atoms with Crippen LogP contribution in [0.25, 0.3) is 0 Å². The maximum atomic E-state index is 9.14. The van der Waals surface area contributed by atoms with Crippen molar-refractivity contribution in [2.75, 3.05) is 0 Å². The molecule has 1 aromatic carbocycles. The Balaban J connectivity index is 3.37. The maximum Gasteiger partial charge on any atom is 0.0997 e. The monoisotopic (exact) mass is 201 g/mol. The first-order chi connectivity index (χ1) is 7.13. The molecule has 0 aliphatic carbocycles. The molecule has 0 aromatic heterocycles. The molecule has 0 N–H and O–H groups in total. The predicted molar refractivity (Wildman–Crippen MR) is 64.0 cm³/mol. The van der Waals surface area contributed by atoms with Crippen LogP contribution in [0.15, 0.2) is 12.1 Å². The van der Waals surface area contributed by atoms with Crippen LogP contribution in [0.5, 0.6) is 0 Å². The molecule has 0 atom stereocenters. The summed E-state index contributed by atoms with van der Waals surface area (Å²) >= 11 is 0. The molecular weight excluding hydrogens is 182 g/mol. The predicted octanol–water partition coefficient (Wildman–Crippen LogP) is 3.81. The second-order valence-corrected chi connectivity index (χ2v) is 4.19. The van der Waals surface area contributed by atoms with E-state index in [2.05, 4.69) is 45.9 Å². The number of aryl methyl sites for hydroxylation is 2. The van der Waals surface area contributed by atoms with E-state index in [0.29, 0.717) is 5.92 Å². The summed E-state index contributed by atoms with van der Waals surface area (Å²) in [6.07, 6.45) is 1.88. The molecule has 0 unspecified atom stereocenters. The molecule has 0 radical (unpaired) electrons. The lowest BCUT2D eigenvalue weighted by Gasteiger charge is -2.13. The molecule has 0 amide bonds. The average Bonchev–Trinajstić information content (AvgIpc) is 2.26. The molecule has 0 spiro atoms. The van der Waals surface area contributed by atoms with E-state index in [1.807, 2.05) is 0 Å². The normalized spacial score (nSPS) is 10.4. The molecule has 0 aliphatic heterocycles. The minimum Gasteiger partial charge on any atom is -0.192 e. The fraction of sp³-hybridized carbons (Fsp3) is 0.500. The molecule has 0 aliphatic rings. The number of benzene rings is 1. The molecule has 15 heavy (non-hydrogen) atoms. The SMILES string of the molecule is CCc1cc(C(C)C)cc(CC)c1C#N. The highest BCUT2D eigenvalue weighted by Crippen LogP contribution is 2.23. The van der Waals surface area contributed by atoms with Crippen molar-refractivity contribution in [3.8, 4) is 6.07 Å². The van der Waals surface area contributed by atoms with Crippen LogP contribution in [0.4, 0.5) is 0 Å². The molecule has 1 heteroatoms. The second kappa shape index (κ2) is 4.98. The van der Waals surface area contributed by atoms with Gasteiger partial charge < -0.3 is 0 Å². The molecule has 80 valence electrons. The van der Waals surface area contributed by atoms with Gasteiger partial charge in [-0.05, 0) is 35.4 Å². The lowest BCUT2D eigenvalue weighted by molar-refractivity contribution is 0.856. The number of hydrogen-bond donors (Lipinski definition) is 0. The maximum absolute atomic E-state index is 9.14. The minimum absolute atomic E-state index is 0.536. The van der Waals surface area contributed by atoms with Crippen LogP contribution < -0.4 is 0 Å². The third kappa shape index (κ3) is 2.39. The van der Waals surface area contributed by atoms with Crippen molar-refractivity contribution in [1.82, 2.24) is 0 Å². The standard InChI is InChI=1S/C14H19N/c1-5-11-7-13(10(3)4)8-12(6-2)14(11)9-15/h7-8,10H,5-6H2,1-4H3. The highest BCUT2D eigenvalue weighted by atomic mass is 14.3. The van der Waals surface area contributed by atoms with Gasteiger partial charge in [0.15, 0.2) is 0 Å². The first kappa shape index (κ1) is 11.8. The fourth-order valence-electron chi connectivity index (χ4n) is 1.83. The lowest BCUT2D eigenvalue weighted by atomic mass is 9.91. The number of hydrogen-bond acceptors (Lipinski definition) is 1. The Hall–Kier alpha value is -1.29. The summed E-state index contributed by atoms with van der Waals surface area (Å²) in [5, 5.41) is 9.14. The summed E-state index contributed by atoms with van der Waals surface area (Å²) in [5.41, 5.74) is 4.63. The molecule has 0 heterocycles. The van der Waals surface area contributed by atoms with Gasteiger partial charge in [-0.25, -0.2) is 0 Å². The third-order valence-corrected chi connectivity index (χ3v) is 2.86. The van der Waals surface area contributed by atoms with Crippen molar-refractivity contribution in [3.05, 3.63) is 34.4 Å². The van der Waals surface area contributed by atoms with Crippen LogP contribution in [0.1, 0.15) is 55.9 Å². The van der Waals surface area contributed by atoms with E-state index in [1.54, 1.807) is 0 Å². The van der Waals surface area contributed by atoms with Crippen LogP contribution in [-0.4, -0.2) is 0 Å². The van der Waals surface area contributed by atoms with E-state index < -0.39 is 0 Å². The van der Waals surface area contributed by atoms with Gasteiger partial charge in [-0.15, -0.1) is 0 Å². The second-order valence-electron chi connectivity index (χ2n) is 4.19. The Labute approximate surface area is 92.7 Å². The molecule has 0 saturated heterocycles. The van der Waals surface area contributed by atoms with Crippen LogP contribution in [0, 0.1) is 11.3 Å². The average molecular weight is 201 g/mol.